The van der Waals surface area contributed by atoms with Gasteiger partial charge in [-0.15, -0.1) is 0 Å². The summed E-state index contributed by atoms with van der Waals surface area (Å²) < 4.78 is 75.3. The van der Waals surface area contributed by atoms with Gasteiger partial charge in [-0.3, -0.25) is 4.79 Å². The molecule has 1 unspecified atom stereocenters. The van der Waals surface area contributed by atoms with Gasteiger partial charge in [0.05, 0.1) is 5.02 Å². The molecule has 0 aromatic heterocycles. The van der Waals surface area contributed by atoms with E-state index in [1.165, 1.54) is 17.0 Å². The van der Waals surface area contributed by atoms with E-state index < -0.39 is 34.1 Å². The zero-order chi connectivity index (χ0) is 25.4. The molecule has 190 valence electrons. The maximum atomic E-state index is 14.4. The maximum absolute atomic E-state index is 14.4. The SMILES string of the molecule is COC(C(=O)N1CCC2(CCNC[C@H]2c2ccc(F)cc2)CC1)(c1ccc(F)c(Cl)c1)C(F)(F)F. The minimum absolute atomic E-state index is 0.0415. The van der Waals surface area contributed by atoms with Gasteiger partial charge in [0, 0.05) is 38.2 Å². The third kappa shape index (κ3) is 4.54. The molecular formula is C25H26ClF5N2O2. The van der Waals surface area contributed by atoms with Crippen molar-refractivity contribution in [1.29, 1.82) is 0 Å². The van der Waals surface area contributed by atoms with Gasteiger partial charge >= 0.3 is 6.18 Å². The summed E-state index contributed by atoms with van der Waals surface area (Å²) in [6.07, 6.45) is -3.34. The first-order valence-corrected chi connectivity index (χ1v) is 11.7. The fourth-order valence-electron chi connectivity index (χ4n) is 5.56. The van der Waals surface area contributed by atoms with Gasteiger partial charge in [0.2, 0.25) is 0 Å². The van der Waals surface area contributed by atoms with Crippen LogP contribution in [0.3, 0.4) is 0 Å². The molecule has 2 heterocycles. The molecule has 2 aromatic rings. The Morgan fingerprint density at radius 3 is 2.31 bits per heavy atom. The lowest BCUT2D eigenvalue weighted by Crippen LogP contribution is -2.59. The number of methoxy groups -OCH3 is 1. The molecule has 2 aromatic carbocycles. The number of hydrogen-bond acceptors (Lipinski definition) is 3. The fraction of sp³-hybridized carbons (Fsp3) is 0.480. The van der Waals surface area contributed by atoms with Gasteiger partial charge in [-0.2, -0.15) is 13.2 Å². The van der Waals surface area contributed by atoms with E-state index in [4.69, 9.17) is 16.3 Å². The molecule has 2 aliphatic heterocycles. The van der Waals surface area contributed by atoms with Crippen LogP contribution < -0.4 is 5.32 Å². The van der Waals surface area contributed by atoms with Gasteiger partial charge in [-0.25, -0.2) is 8.78 Å². The highest BCUT2D eigenvalue weighted by molar-refractivity contribution is 6.30. The Morgan fingerprint density at radius 2 is 1.74 bits per heavy atom. The molecule has 35 heavy (non-hydrogen) atoms. The average Bonchev–Trinajstić information content (AvgIpc) is 2.82. The number of likely N-dealkylation sites (tertiary alicyclic amines) is 1. The number of benzene rings is 2. The Balaban J connectivity index is 1.61. The molecule has 2 saturated heterocycles. The van der Waals surface area contributed by atoms with Gasteiger partial charge in [0.1, 0.15) is 11.6 Å². The predicted molar refractivity (Wildman–Crippen MR) is 121 cm³/mol. The summed E-state index contributed by atoms with van der Waals surface area (Å²) in [5.74, 6) is -2.44. The first kappa shape index (κ1) is 25.9. The highest BCUT2D eigenvalue weighted by atomic mass is 35.5. The topological polar surface area (TPSA) is 41.6 Å². The number of piperidine rings is 2. The van der Waals surface area contributed by atoms with Gasteiger partial charge in [-0.05, 0) is 61.1 Å². The molecule has 10 heteroatoms. The van der Waals surface area contributed by atoms with Crippen LogP contribution >= 0.6 is 11.6 Å². The molecule has 0 aliphatic carbocycles. The van der Waals surface area contributed by atoms with Crippen LogP contribution in [0, 0.1) is 17.0 Å². The number of nitrogens with zero attached hydrogens (tertiary/aromatic N) is 1. The third-order valence-electron chi connectivity index (χ3n) is 7.54. The first-order valence-electron chi connectivity index (χ1n) is 11.4. The molecule has 0 bridgehead atoms. The van der Waals surface area contributed by atoms with Crippen molar-refractivity contribution in [3.8, 4) is 0 Å². The summed E-state index contributed by atoms with van der Waals surface area (Å²) in [5.41, 5.74) is -3.15. The maximum Gasteiger partial charge on any atom is 0.430 e. The molecule has 4 rings (SSSR count). The molecular weight excluding hydrogens is 491 g/mol. The van der Waals surface area contributed by atoms with Gasteiger partial charge in [0.25, 0.3) is 11.5 Å². The third-order valence-corrected chi connectivity index (χ3v) is 7.83. The standard InChI is InChI=1S/C25H26ClF5N2O2/c1-35-24(25(29,30)31,17-4-7-21(28)20(26)14-17)22(34)33-12-9-23(10-13-33)8-11-32-15-19(23)16-2-5-18(27)6-3-16/h2-7,14,19,32H,8-13,15H2,1H3/t19-,24?/m0/s1. The van der Waals surface area contributed by atoms with Crippen molar-refractivity contribution >= 4 is 17.5 Å². The second-order valence-electron chi connectivity index (χ2n) is 9.22. The summed E-state index contributed by atoms with van der Waals surface area (Å²) in [4.78, 5) is 14.6. The first-order chi connectivity index (χ1) is 16.5. The van der Waals surface area contributed by atoms with Crippen molar-refractivity contribution < 1.29 is 31.5 Å². The van der Waals surface area contributed by atoms with E-state index in [2.05, 4.69) is 5.32 Å². The summed E-state index contributed by atoms with van der Waals surface area (Å²) in [6, 6.07) is 8.74. The molecule has 4 nitrogen and oxygen atoms in total. The Kier molecular flexibility index (Phi) is 7.14. The quantitative estimate of drug-likeness (QED) is 0.553. The van der Waals surface area contributed by atoms with Crippen molar-refractivity contribution in [2.75, 3.05) is 33.3 Å². The molecule has 2 aliphatic rings. The number of carbonyl (C=O) groups excluding carboxylic acids is 1. The van der Waals surface area contributed by atoms with E-state index in [1.807, 2.05) is 0 Å². The summed E-state index contributed by atoms with van der Waals surface area (Å²) >= 11 is 5.75. The number of rotatable bonds is 4. The van der Waals surface area contributed by atoms with Crippen molar-refractivity contribution in [3.05, 3.63) is 70.2 Å². The number of nitrogens with one attached hydrogen (secondary N) is 1. The zero-order valence-electron chi connectivity index (χ0n) is 19.1. The van der Waals surface area contributed by atoms with E-state index in [0.717, 1.165) is 43.8 Å². The highest BCUT2D eigenvalue weighted by Gasteiger charge is 2.64. The molecule has 1 amide bonds. The van der Waals surface area contributed by atoms with Gasteiger partial charge in [-0.1, -0.05) is 29.8 Å². The largest absolute Gasteiger partial charge is 0.430 e. The number of alkyl halides is 3. The minimum Gasteiger partial charge on any atom is -0.356 e. The Morgan fingerprint density at radius 1 is 1.09 bits per heavy atom. The van der Waals surface area contributed by atoms with E-state index in [9.17, 15) is 26.7 Å². The summed E-state index contributed by atoms with van der Waals surface area (Å²) in [5, 5.41) is 2.82. The zero-order valence-corrected chi connectivity index (χ0v) is 19.9. The highest BCUT2D eigenvalue weighted by Crippen LogP contribution is 2.50. The monoisotopic (exact) mass is 516 g/mol. The van der Waals surface area contributed by atoms with E-state index in [0.29, 0.717) is 19.4 Å². The Bertz CT molecular complexity index is 1070. The molecule has 1 N–H and O–H groups in total. The lowest BCUT2D eigenvalue weighted by atomic mass is 9.62. The molecule has 2 fully saturated rings. The lowest BCUT2D eigenvalue weighted by Gasteiger charge is -2.50. The molecule has 0 radical (unpaired) electrons. The average molecular weight is 517 g/mol. The van der Waals surface area contributed by atoms with Crippen LogP contribution in [0.4, 0.5) is 22.0 Å². The number of ether oxygens (including phenoxy) is 1. The van der Waals surface area contributed by atoms with E-state index >= 15 is 0 Å². The van der Waals surface area contributed by atoms with Crippen LogP contribution in [-0.4, -0.2) is 50.3 Å². The molecule has 2 atom stereocenters. The van der Waals surface area contributed by atoms with Crippen molar-refractivity contribution in [1.82, 2.24) is 10.2 Å². The lowest BCUT2D eigenvalue weighted by molar-refractivity contribution is -0.271. The number of carbonyl (C=O) groups is 1. The van der Waals surface area contributed by atoms with Gasteiger partial charge < -0.3 is 15.0 Å². The summed E-state index contributed by atoms with van der Waals surface area (Å²) in [7, 11) is 0.811. The number of halogens is 6. The van der Waals surface area contributed by atoms with Crippen LogP contribution in [0.2, 0.25) is 5.02 Å². The van der Waals surface area contributed by atoms with Crippen LogP contribution in [0.25, 0.3) is 0 Å². The number of hydrogen-bond donors (Lipinski definition) is 1. The summed E-state index contributed by atoms with van der Waals surface area (Å²) in [6.45, 7) is 1.63. The fourth-order valence-corrected chi connectivity index (χ4v) is 5.74. The van der Waals surface area contributed by atoms with Crippen LogP contribution in [0.1, 0.15) is 36.3 Å². The second kappa shape index (κ2) is 9.67. The smallest absolute Gasteiger partial charge is 0.356 e. The normalized spacial score (nSPS) is 22.1. The number of amides is 1. The molecule has 0 saturated carbocycles. The Hall–Kier alpha value is -2.23. The van der Waals surface area contributed by atoms with Crippen molar-refractivity contribution in [2.24, 2.45) is 5.41 Å². The van der Waals surface area contributed by atoms with Crippen molar-refractivity contribution in [3.63, 3.8) is 0 Å². The van der Waals surface area contributed by atoms with E-state index in [1.54, 1.807) is 12.1 Å². The minimum atomic E-state index is -5.11. The Labute approximate surface area is 205 Å². The second-order valence-corrected chi connectivity index (χ2v) is 9.63. The predicted octanol–water partition coefficient (Wildman–Crippen LogP) is 5.41. The van der Waals surface area contributed by atoms with E-state index in [-0.39, 0.29) is 30.2 Å². The van der Waals surface area contributed by atoms with Gasteiger partial charge in [0.15, 0.2) is 0 Å². The molecule has 1 spiro atoms. The van der Waals surface area contributed by atoms with Crippen LogP contribution in [0.5, 0.6) is 0 Å². The van der Waals surface area contributed by atoms with Crippen LogP contribution in [-0.2, 0) is 15.1 Å². The van der Waals surface area contributed by atoms with Crippen molar-refractivity contribution in [2.45, 2.75) is 37.0 Å². The van der Waals surface area contributed by atoms with Crippen LogP contribution in [0.15, 0.2) is 42.5 Å².